The second-order valence-corrected chi connectivity index (χ2v) is 4.20. The number of benzene rings is 1. The number of hydrogen-bond donors (Lipinski definition) is 0. The molecule has 0 nitrogen and oxygen atoms in total. The molecule has 0 aliphatic heterocycles. The van der Waals surface area contributed by atoms with E-state index in [1.807, 2.05) is 0 Å². The van der Waals surface area contributed by atoms with Crippen LogP contribution in [0.2, 0.25) is 0 Å². The smallest absolute Gasteiger partial charge is 0.0273 e. The average Bonchev–Trinajstić information content (AvgIpc) is 2.15. The molecule has 1 rings (SSSR count). The molecule has 0 heterocycles. The van der Waals surface area contributed by atoms with Gasteiger partial charge >= 0.3 is 0 Å². The highest BCUT2D eigenvalue weighted by Gasteiger charge is 2.07. The lowest BCUT2D eigenvalue weighted by atomic mass is 9.91. The first-order valence-corrected chi connectivity index (χ1v) is 5.43. The molecule has 0 amide bonds. The Balaban J connectivity index is 3.11. The van der Waals surface area contributed by atoms with Crippen molar-refractivity contribution in [2.45, 2.75) is 47.0 Å². The van der Waals surface area contributed by atoms with E-state index in [4.69, 9.17) is 0 Å². The Labute approximate surface area is 88.4 Å². The van der Waals surface area contributed by atoms with E-state index in [9.17, 15) is 0 Å². The predicted molar refractivity (Wildman–Crippen MR) is 63.7 cm³/mol. The molecule has 14 heavy (non-hydrogen) atoms. The van der Waals surface area contributed by atoms with Gasteiger partial charge < -0.3 is 0 Å². The van der Waals surface area contributed by atoms with Gasteiger partial charge in [-0.15, -0.1) is 0 Å². The molecule has 0 aliphatic carbocycles. The Morgan fingerprint density at radius 1 is 1.00 bits per heavy atom. The van der Waals surface area contributed by atoms with Crippen molar-refractivity contribution in [3.05, 3.63) is 40.8 Å². The van der Waals surface area contributed by atoms with Crippen LogP contribution in [-0.2, 0) is 6.42 Å². The average molecular weight is 189 g/mol. The summed E-state index contributed by atoms with van der Waals surface area (Å²) in [5.74, 6) is 0. The SMILES string of the molecule is [CH2]CCCc1c(C)c(C)cc(C)c1C. The summed E-state index contributed by atoms with van der Waals surface area (Å²) in [6.07, 6.45) is 3.42. The summed E-state index contributed by atoms with van der Waals surface area (Å²) >= 11 is 0. The molecule has 0 aliphatic rings. The largest absolute Gasteiger partial charge is 0.0558 e. The fourth-order valence-corrected chi connectivity index (χ4v) is 1.98. The number of rotatable bonds is 3. The summed E-state index contributed by atoms with van der Waals surface area (Å²) < 4.78 is 0. The Hall–Kier alpha value is -0.780. The van der Waals surface area contributed by atoms with Crippen LogP contribution in [0.5, 0.6) is 0 Å². The first-order chi connectivity index (χ1) is 6.57. The van der Waals surface area contributed by atoms with Crippen molar-refractivity contribution in [2.24, 2.45) is 0 Å². The summed E-state index contributed by atoms with van der Waals surface area (Å²) in [7, 11) is 0. The van der Waals surface area contributed by atoms with Gasteiger partial charge in [-0.1, -0.05) is 19.4 Å². The number of hydrogen-bond acceptors (Lipinski definition) is 0. The zero-order valence-corrected chi connectivity index (χ0v) is 9.91. The van der Waals surface area contributed by atoms with E-state index in [-0.39, 0.29) is 0 Å². The van der Waals surface area contributed by atoms with E-state index in [1.165, 1.54) is 35.1 Å². The van der Waals surface area contributed by atoms with Gasteiger partial charge in [0.2, 0.25) is 0 Å². The maximum atomic E-state index is 3.90. The molecular weight excluding hydrogens is 168 g/mol. The molecular formula is C14H21. The van der Waals surface area contributed by atoms with Gasteiger partial charge in [0, 0.05) is 0 Å². The molecule has 0 aromatic heterocycles. The lowest BCUT2D eigenvalue weighted by molar-refractivity contribution is 0.826. The Bertz CT molecular complexity index is 295. The quantitative estimate of drug-likeness (QED) is 0.672. The zero-order valence-electron chi connectivity index (χ0n) is 9.91. The van der Waals surface area contributed by atoms with Gasteiger partial charge in [-0.2, -0.15) is 0 Å². The zero-order chi connectivity index (χ0) is 10.7. The minimum absolute atomic E-state index is 1.03. The first-order valence-electron chi connectivity index (χ1n) is 5.43. The summed E-state index contributed by atoms with van der Waals surface area (Å²) in [6.45, 7) is 12.8. The highest BCUT2D eigenvalue weighted by atomic mass is 14.1. The van der Waals surface area contributed by atoms with Crippen LogP contribution in [0.1, 0.15) is 40.7 Å². The first kappa shape index (κ1) is 11.3. The van der Waals surface area contributed by atoms with E-state index < -0.39 is 0 Å². The summed E-state index contributed by atoms with van der Waals surface area (Å²) in [4.78, 5) is 0. The van der Waals surface area contributed by atoms with Gasteiger partial charge in [-0.3, -0.25) is 0 Å². The van der Waals surface area contributed by atoms with Gasteiger partial charge in [-0.05, 0) is 68.4 Å². The van der Waals surface area contributed by atoms with Crippen LogP contribution in [0.3, 0.4) is 0 Å². The minimum atomic E-state index is 1.03. The molecule has 77 valence electrons. The molecule has 0 bridgehead atoms. The molecule has 0 N–H and O–H groups in total. The van der Waals surface area contributed by atoms with Crippen LogP contribution in [0.15, 0.2) is 6.07 Å². The number of unbranched alkanes of at least 4 members (excludes halogenated alkanes) is 1. The van der Waals surface area contributed by atoms with Crippen LogP contribution in [0.4, 0.5) is 0 Å². The molecule has 0 fully saturated rings. The fraction of sp³-hybridized carbons (Fsp3) is 0.500. The Morgan fingerprint density at radius 2 is 1.50 bits per heavy atom. The second kappa shape index (κ2) is 4.63. The third-order valence-electron chi connectivity index (χ3n) is 3.20. The van der Waals surface area contributed by atoms with E-state index in [1.54, 1.807) is 5.56 Å². The van der Waals surface area contributed by atoms with Crippen molar-refractivity contribution >= 4 is 0 Å². The molecule has 0 heteroatoms. The number of aryl methyl sites for hydroxylation is 2. The van der Waals surface area contributed by atoms with Crippen molar-refractivity contribution in [2.75, 3.05) is 0 Å². The van der Waals surface area contributed by atoms with Gasteiger partial charge in [0.25, 0.3) is 0 Å². The lowest BCUT2D eigenvalue weighted by Gasteiger charge is -2.14. The van der Waals surface area contributed by atoms with Crippen LogP contribution >= 0.6 is 0 Å². The van der Waals surface area contributed by atoms with Gasteiger partial charge in [0.15, 0.2) is 0 Å². The van der Waals surface area contributed by atoms with E-state index >= 15 is 0 Å². The topological polar surface area (TPSA) is 0 Å². The van der Waals surface area contributed by atoms with Crippen LogP contribution in [0.25, 0.3) is 0 Å². The standard InChI is InChI=1S/C14H21/c1-6-7-8-14-12(4)10(2)9-11(3)13(14)5/h9H,1,6-8H2,2-5H3. The summed E-state index contributed by atoms with van der Waals surface area (Å²) in [5.41, 5.74) is 7.34. The highest BCUT2D eigenvalue weighted by Crippen LogP contribution is 2.23. The van der Waals surface area contributed by atoms with Crippen molar-refractivity contribution in [1.29, 1.82) is 0 Å². The van der Waals surface area contributed by atoms with Gasteiger partial charge in [0.1, 0.15) is 0 Å². The van der Waals surface area contributed by atoms with Crippen molar-refractivity contribution in [3.8, 4) is 0 Å². The molecule has 0 saturated heterocycles. The van der Waals surface area contributed by atoms with E-state index in [2.05, 4.69) is 40.7 Å². The molecule has 0 saturated carbocycles. The minimum Gasteiger partial charge on any atom is -0.0558 e. The lowest BCUT2D eigenvalue weighted by Crippen LogP contribution is -1.99. The molecule has 1 aromatic carbocycles. The summed E-state index contributed by atoms with van der Waals surface area (Å²) in [5, 5.41) is 0. The van der Waals surface area contributed by atoms with E-state index in [0.717, 1.165) is 6.42 Å². The van der Waals surface area contributed by atoms with Gasteiger partial charge in [0.05, 0.1) is 0 Å². The normalized spacial score (nSPS) is 10.6. The van der Waals surface area contributed by atoms with Crippen LogP contribution in [-0.4, -0.2) is 0 Å². The molecule has 0 atom stereocenters. The maximum absolute atomic E-state index is 3.90. The van der Waals surface area contributed by atoms with Crippen molar-refractivity contribution < 1.29 is 0 Å². The Kier molecular flexibility index (Phi) is 3.74. The van der Waals surface area contributed by atoms with Crippen molar-refractivity contribution in [1.82, 2.24) is 0 Å². The third-order valence-corrected chi connectivity index (χ3v) is 3.20. The fourth-order valence-electron chi connectivity index (χ4n) is 1.98. The molecule has 0 unspecified atom stereocenters. The van der Waals surface area contributed by atoms with E-state index in [0.29, 0.717) is 0 Å². The monoisotopic (exact) mass is 189 g/mol. The second-order valence-electron chi connectivity index (χ2n) is 4.20. The highest BCUT2D eigenvalue weighted by molar-refractivity contribution is 5.43. The van der Waals surface area contributed by atoms with Gasteiger partial charge in [-0.25, -0.2) is 0 Å². The molecule has 0 spiro atoms. The molecule has 1 radical (unpaired) electrons. The Morgan fingerprint density at radius 3 is 1.93 bits per heavy atom. The van der Waals surface area contributed by atoms with Crippen molar-refractivity contribution in [3.63, 3.8) is 0 Å². The maximum Gasteiger partial charge on any atom is -0.0273 e. The van der Waals surface area contributed by atoms with Crippen LogP contribution < -0.4 is 0 Å². The summed E-state index contributed by atoms with van der Waals surface area (Å²) in [6, 6.07) is 2.29. The predicted octanol–water partition coefficient (Wildman–Crippen LogP) is 4.08. The third kappa shape index (κ3) is 2.17. The molecule has 1 aromatic rings. The van der Waals surface area contributed by atoms with Crippen LogP contribution in [0, 0.1) is 34.6 Å².